The van der Waals surface area contributed by atoms with Gasteiger partial charge in [-0.3, -0.25) is 29.5 Å². The second-order valence-electron chi connectivity index (χ2n) is 22.0. The molecule has 0 aromatic carbocycles. The van der Waals surface area contributed by atoms with Crippen LogP contribution in [0.25, 0.3) is 5.84 Å². The van der Waals surface area contributed by atoms with Crippen LogP contribution in [-0.2, 0) is 64.5 Å². The fourth-order valence-corrected chi connectivity index (χ4v) is 10.3. The fourth-order valence-electron chi connectivity index (χ4n) is 10.2. The molecule has 1 saturated carbocycles. The van der Waals surface area contributed by atoms with Crippen LogP contribution in [0.4, 0.5) is 0 Å². The van der Waals surface area contributed by atoms with E-state index in [1.807, 2.05) is 10.4 Å². The van der Waals surface area contributed by atoms with E-state index in [9.17, 15) is 19.2 Å². The maximum atomic E-state index is 13.8. The summed E-state index contributed by atoms with van der Waals surface area (Å²) in [6, 6.07) is 0. The Bertz CT molecular complexity index is 1230. The zero-order chi connectivity index (χ0) is 51.4. The molecule has 10 nitrogen and oxygen atoms in total. The normalized spacial score (nSPS) is 14.9. The van der Waals surface area contributed by atoms with Crippen molar-refractivity contribution < 1.29 is 51.9 Å². The Hall–Kier alpha value is -0.426. The Morgan fingerprint density at radius 1 is 0.657 bits per heavy atom. The predicted molar refractivity (Wildman–Crippen MR) is 298 cm³/mol. The predicted octanol–water partition coefficient (Wildman–Crippen LogP) is 14.6. The summed E-state index contributed by atoms with van der Waals surface area (Å²) in [6.45, 7) is 15.7. The van der Waals surface area contributed by atoms with Crippen molar-refractivity contribution in [3.8, 4) is 0 Å². The van der Waals surface area contributed by atoms with Gasteiger partial charge in [0.2, 0.25) is 11.8 Å². The first-order valence-electron chi connectivity index (χ1n) is 29.3. The Morgan fingerprint density at radius 2 is 1.11 bits per heavy atom. The number of hydrazine groups is 1. The van der Waals surface area contributed by atoms with Crippen LogP contribution in [0.1, 0.15) is 273 Å². The Labute approximate surface area is 464 Å². The summed E-state index contributed by atoms with van der Waals surface area (Å²) in [7, 11) is 1.54. The molecule has 411 valence electrons. The summed E-state index contributed by atoms with van der Waals surface area (Å²) in [5.74, 6) is 8.86. The number of rotatable bonds is 50. The number of nitrogens with zero attached hydrogens (tertiary/aromatic N) is 2. The van der Waals surface area contributed by atoms with Crippen molar-refractivity contribution in [2.45, 2.75) is 273 Å². The third-order valence-electron chi connectivity index (χ3n) is 14.9. The van der Waals surface area contributed by atoms with Crippen LogP contribution in [0, 0.1) is 29.1 Å². The summed E-state index contributed by atoms with van der Waals surface area (Å²) >= 11 is 5.12. The zero-order valence-corrected chi connectivity index (χ0v) is 50.8. The molecule has 0 heterocycles. The standard InChI is InChI=1S/C57H110N4O4S.CH5N2.Y/c1-7-10-13-16-19-20-21-24-30-38-51-46-52(51)53(62)39-31-27-34-43-61(59-56(65)48-60(41-35-44-66)47-55(58)64)42-33-26-25-32-40-57(5,6)54(63)45-49(4)50(36-28-22-17-14-11-8-2)37-29-23-18-15-12-9-3;1-3-2;/h49-52,66H,7-48H2,1-6H3,(H2,58,64)(H,59,65);2-3H,1H3;/q;-1;/p-1. The molecule has 1 radical (unpaired) electrons. The second kappa shape index (κ2) is 49.5. The number of unbranched alkanes of at least 4 members (excludes halogenated alkanes) is 23. The van der Waals surface area contributed by atoms with Gasteiger partial charge in [-0.15, -0.1) is 0 Å². The number of Topliss-reactive ketones (excluding diaryl/α,β-unsaturated/α-hetero) is 2. The SMILES string of the molecule is CCCCCCCCCCCC1CC1C(=O)CCCCCN(CCCCCCC(C)(C)C(=O)CC(C)C(CCCCCCCC)CCCCCCCC)NC(=O)CN(CCC[S-])CC(N)=O.CN[NH-].[Y]. The van der Waals surface area contributed by atoms with Crippen molar-refractivity contribution >= 4 is 36.0 Å². The van der Waals surface area contributed by atoms with Gasteiger partial charge < -0.3 is 29.6 Å². The summed E-state index contributed by atoms with van der Waals surface area (Å²) in [4.78, 5) is 53.5. The summed E-state index contributed by atoms with van der Waals surface area (Å²) in [5.41, 5.74) is 10.3. The molecule has 1 rings (SSSR count). The summed E-state index contributed by atoms with van der Waals surface area (Å²) in [5, 5.41) is 2.05. The number of primary amides is 1. The molecule has 0 aromatic heterocycles. The number of nitrogens with one attached hydrogen (secondary N) is 3. The molecule has 12 heteroatoms. The molecule has 0 aromatic rings. The van der Waals surface area contributed by atoms with E-state index in [4.69, 9.17) is 24.2 Å². The monoisotopic (exact) mass is 1080 g/mol. The van der Waals surface area contributed by atoms with Crippen LogP contribution >= 0.6 is 0 Å². The minimum atomic E-state index is -0.449. The molecule has 3 unspecified atom stereocenters. The number of ketones is 2. The number of carbonyl (C=O) groups is 4. The summed E-state index contributed by atoms with van der Waals surface area (Å²) < 4.78 is 0. The van der Waals surface area contributed by atoms with E-state index in [-0.39, 0.29) is 57.1 Å². The average Bonchev–Trinajstić information content (AvgIpc) is 4.09. The molecule has 1 fully saturated rings. The van der Waals surface area contributed by atoms with E-state index in [1.165, 1.54) is 154 Å². The van der Waals surface area contributed by atoms with Gasteiger partial charge in [-0.1, -0.05) is 221 Å². The number of carbonyl (C=O) groups excluding carboxylic acids is 4. The molecule has 1 aliphatic carbocycles. The van der Waals surface area contributed by atoms with Crippen molar-refractivity contribution in [1.29, 1.82) is 0 Å². The van der Waals surface area contributed by atoms with Gasteiger partial charge in [0.1, 0.15) is 11.6 Å². The molecule has 70 heavy (non-hydrogen) atoms. The van der Waals surface area contributed by atoms with E-state index in [1.54, 1.807) is 11.9 Å². The van der Waals surface area contributed by atoms with Gasteiger partial charge in [0.15, 0.2) is 0 Å². The van der Waals surface area contributed by atoms with Crippen LogP contribution in [0.15, 0.2) is 0 Å². The zero-order valence-electron chi connectivity index (χ0n) is 47.1. The van der Waals surface area contributed by atoms with Crippen LogP contribution < -0.4 is 16.6 Å². The third-order valence-corrected chi connectivity index (χ3v) is 15.2. The van der Waals surface area contributed by atoms with E-state index in [2.05, 4.69) is 47.0 Å². The molecule has 0 aliphatic heterocycles. The molecule has 0 spiro atoms. The van der Waals surface area contributed by atoms with Crippen LogP contribution in [0.5, 0.6) is 0 Å². The minimum Gasteiger partial charge on any atom is -0.793 e. The topological polar surface area (TPSA) is 149 Å². The Morgan fingerprint density at radius 3 is 1.61 bits per heavy atom. The number of hydrogen-bond acceptors (Lipinski definition) is 8. The van der Waals surface area contributed by atoms with Crippen molar-refractivity contribution in [3.05, 3.63) is 5.84 Å². The van der Waals surface area contributed by atoms with Gasteiger partial charge in [0.05, 0.1) is 13.1 Å². The van der Waals surface area contributed by atoms with Gasteiger partial charge in [-0.2, -0.15) is 5.75 Å². The number of amides is 2. The van der Waals surface area contributed by atoms with Crippen molar-refractivity contribution in [1.82, 2.24) is 20.8 Å². The molecule has 3 atom stereocenters. The first-order valence-corrected chi connectivity index (χ1v) is 29.9. The molecule has 1 aliphatic rings. The largest absolute Gasteiger partial charge is 0.793 e. The van der Waals surface area contributed by atoms with E-state index in [0.29, 0.717) is 60.4 Å². The number of nitrogens with two attached hydrogens (primary N) is 1. The number of hydrogen-bond donors (Lipinski definition) is 3. The summed E-state index contributed by atoms with van der Waals surface area (Å²) in [6.07, 6.45) is 42.8. The van der Waals surface area contributed by atoms with Gasteiger partial charge in [0.25, 0.3) is 0 Å². The van der Waals surface area contributed by atoms with E-state index < -0.39 is 5.91 Å². The van der Waals surface area contributed by atoms with Gasteiger partial charge in [-0.25, -0.2) is 5.01 Å². The molecule has 0 bridgehead atoms. The third kappa shape index (κ3) is 41.9. The molecule has 5 N–H and O–H groups in total. The Kier molecular flexibility index (Phi) is 50.6. The van der Waals surface area contributed by atoms with Crippen molar-refractivity contribution in [3.63, 3.8) is 0 Å². The Balaban J connectivity index is 0. The van der Waals surface area contributed by atoms with Crippen molar-refractivity contribution in [2.24, 2.45) is 34.8 Å². The second-order valence-corrected chi connectivity index (χ2v) is 22.4. The average molecular weight is 1080 g/mol. The maximum Gasteiger partial charge on any atom is 0.248 e. The first-order chi connectivity index (χ1) is 33.3. The van der Waals surface area contributed by atoms with Crippen LogP contribution in [0.2, 0.25) is 0 Å². The van der Waals surface area contributed by atoms with Gasteiger partial charge in [-0.05, 0) is 69.9 Å². The van der Waals surface area contributed by atoms with Crippen LogP contribution in [0.3, 0.4) is 0 Å². The first kappa shape index (κ1) is 71.6. The maximum absolute atomic E-state index is 13.8. The quantitative estimate of drug-likeness (QED) is 0.0310. The molecular weight excluding hydrogens is 966 g/mol. The molecule has 2 amide bonds. The van der Waals surface area contributed by atoms with Crippen LogP contribution in [-0.4, -0.2) is 78.8 Å². The van der Waals surface area contributed by atoms with Gasteiger partial charge >= 0.3 is 0 Å². The van der Waals surface area contributed by atoms with Gasteiger partial charge in [0, 0.05) is 70.0 Å². The minimum absolute atomic E-state index is 0. The van der Waals surface area contributed by atoms with E-state index >= 15 is 0 Å². The fraction of sp³-hybridized carbons (Fsp3) is 0.931. The van der Waals surface area contributed by atoms with Crippen molar-refractivity contribution in [2.75, 3.05) is 45.5 Å². The smallest absolute Gasteiger partial charge is 0.248 e. The van der Waals surface area contributed by atoms with E-state index in [0.717, 1.165) is 77.3 Å². The molecular formula is C58H114N6O4SY-2. The molecule has 0 saturated heterocycles.